The molecule has 13 amide bonds. The van der Waals surface area contributed by atoms with Gasteiger partial charge >= 0.3 is 6.18 Å². The summed E-state index contributed by atoms with van der Waals surface area (Å²) in [6.45, 7) is 8.26. The van der Waals surface area contributed by atoms with Gasteiger partial charge in [0.05, 0.1) is 43.1 Å². The van der Waals surface area contributed by atoms with Crippen LogP contribution in [0.25, 0.3) is 0 Å². The molecule has 0 unspecified atom stereocenters. The SMILES string of the molecule is CC[C@H](C)[C@@H]1NC(=O)[C@H](CC(C)C)N(C)C(=O)C[C@@H](C(=O)N2CCCCC2)NC(=O)[C@H](C(C)C)N(C)C(=O)C2(CCCC2)NC(=O)[C@H](CC(=O)N2CCC(F)(F)CC2)N(C)C(=O)[C@H](CCc2ccc(C(F)(F)F)c(Cl)c2)NC(=O)CN(C)C(=O)[C@H](CC2CCCCC2)N(C)C(=O)CN(C)C(=O)CN(C)C1=O. The molecule has 5 fully saturated rings. The van der Waals surface area contributed by atoms with Gasteiger partial charge in [-0.1, -0.05) is 111 Å². The Morgan fingerprint density at radius 1 is 0.604 bits per heavy atom. The molecular formula is C74H113ClF5N13O13. The van der Waals surface area contributed by atoms with Gasteiger partial charge in [-0.05, 0) is 99.2 Å². The summed E-state index contributed by atoms with van der Waals surface area (Å²) in [6.07, 6.45) is -1.15. The maximum Gasteiger partial charge on any atom is 0.417 e. The topological polar surface area (TPSA) is 299 Å². The average molecular weight is 1520 g/mol. The molecule has 3 heterocycles. The van der Waals surface area contributed by atoms with Gasteiger partial charge in [0.25, 0.3) is 5.92 Å². The van der Waals surface area contributed by atoms with E-state index in [1.165, 1.54) is 57.0 Å². The number of benzene rings is 1. The number of likely N-dealkylation sites (N-methyl/N-ethyl adjacent to an activating group) is 7. The van der Waals surface area contributed by atoms with Crippen molar-refractivity contribution in [2.45, 2.75) is 236 Å². The molecule has 3 saturated heterocycles. The van der Waals surface area contributed by atoms with E-state index < -0.39 is 224 Å². The minimum atomic E-state index is -4.84. The molecule has 1 aromatic carbocycles. The molecule has 32 heteroatoms. The molecule has 0 aromatic heterocycles. The van der Waals surface area contributed by atoms with Crippen molar-refractivity contribution in [1.29, 1.82) is 0 Å². The van der Waals surface area contributed by atoms with E-state index in [-0.39, 0.29) is 49.5 Å². The number of carbonyl (C=O) groups is 13. The van der Waals surface area contributed by atoms with Crippen LogP contribution < -0.4 is 21.3 Å². The van der Waals surface area contributed by atoms with Gasteiger partial charge in [-0.3, -0.25) is 62.3 Å². The smallest absolute Gasteiger partial charge is 0.343 e. The fourth-order valence-corrected chi connectivity index (χ4v) is 15.4. The van der Waals surface area contributed by atoms with Crippen LogP contribution in [0.4, 0.5) is 22.0 Å². The van der Waals surface area contributed by atoms with Crippen LogP contribution in [0.15, 0.2) is 18.2 Å². The van der Waals surface area contributed by atoms with Gasteiger partial charge in [-0.2, -0.15) is 13.2 Å². The fraction of sp³-hybridized carbons (Fsp3) is 0.743. The normalized spacial score (nSPS) is 25.8. The van der Waals surface area contributed by atoms with E-state index in [1.54, 1.807) is 27.7 Å². The number of alkyl halides is 5. The summed E-state index contributed by atoms with van der Waals surface area (Å²) in [5, 5.41) is 10.4. The average Bonchev–Trinajstić information content (AvgIpc) is 1.64. The lowest BCUT2D eigenvalue weighted by atomic mass is 9.84. The number of amides is 13. The van der Waals surface area contributed by atoms with E-state index in [9.17, 15) is 65.1 Å². The number of nitrogens with one attached hydrogen (secondary N) is 4. The van der Waals surface area contributed by atoms with Gasteiger partial charge in [0, 0.05) is 88.4 Å². The standard InChI is InChI=1S/C74H113ClF5N13O13/c1-14-47(6)62-70(105)87(9)43-60(97)85(7)44-61(98)89(11)56(39-48-23-17-15-18-24-48)69(104)86(8)42-57(94)81-52(28-26-49-25-27-50(51(75)38-49)74(78,79)80)67(102)90(12)55(41-59(96)92-35-31-73(76,77)32-36-92)65(100)84-72(29-19-20-30-72)71(106)91(13)63(46(4)5)66(101)82-53(68(103)93-33-21-16-22-34-93)40-58(95)88(10)54(37-45(2)3)64(99)83-62/h25,27,38,45-48,52-56,62-63H,14-24,26,28-37,39-44H2,1-13H3,(H,81,94)(H,82,101)(H,83,99)(H,84,100)/t47-,52-,53-,54-,55-,56-,62-,63-/m0/s1. The van der Waals surface area contributed by atoms with Gasteiger partial charge in [-0.15, -0.1) is 0 Å². The lowest BCUT2D eigenvalue weighted by Gasteiger charge is -2.40. The van der Waals surface area contributed by atoms with E-state index in [0.29, 0.717) is 58.0 Å². The number of hydrogen-bond acceptors (Lipinski definition) is 13. The first-order valence-electron chi connectivity index (χ1n) is 37.4. The second kappa shape index (κ2) is 38.4. The molecule has 8 atom stereocenters. The van der Waals surface area contributed by atoms with E-state index in [0.717, 1.165) is 80.3 Å². The van der Waals surface area contributed by atoms with Crippen molar-refractivity contribution in [2.24, 2.45) is 23.7 Å². The highest BCUT2D eigenvalue weighted by molar-refractivity contribution is 6.31. The van der Waals surface area contributed by atoms with Crippen molar-refractivity contribution in [3.63, 3.8) is 0 Å². The summed E-state index contributed by atoms with van der Waals surface area (Å²) >= 11 is 6.15. The Morgan fingerprint density at radius 2 is 1.19 bits per heavy atom. The predicted molar refractivity (Wildman–Crippen MR) is 384 cm³/mol. The third-order valence-corrected chi connectivity index (χ3v) is 22.2. The van der Waals surface area contributed by atoms with Crippen LogP contribution in [0.3, 0.4) is 0 Å². The summed E-state index contributed by atoms with van der Waals surface area (Å²) in [5.41, 5.74) is -2.84. The van der Waals surface area contributed by atoms with Crippen molar-refractivity contribution >= 4 is 88.4 Å². The van der Waals surface area contributed by atoms with Crippen LogP contribution >= 0.6 is 11.6 Å². The van der Waals surface area contributed by atoms with E-state index in [2.05, 4.69) is 21.3 Å². The Bertz CT molecular complexity index is 3320. The van der Waals surface area contributed by atoms with Crippen LogP contribution in [0, 0.1) is 23.7 Å². The summed E-state index contributed by atoms with van der Waals surface area (Å²) in [4.78, 5) is 203. The van der Waals surface area contributed by atoms with Crippen LogP contribution in [0.1, 0.15) is 181 Å². The molecule has 1 aromatic rings. The van der Waals surface area contributed by atoms with Crippen molar-refractivity contribution in [3.05, 3.63) is 34.3 Å². The molecule has 0 radical (unpaired) electrons. The maximum atomic E-state index is 15.6. The first-order valence-corrected chi connectivity index (χ1v) is 37.8. The van der Waals surface area contributed by atoms with Crippen molar-refractivity contribution in [3.8, 4) is 0 Å². The lowest BCUT2D eigenvalue weighted by Crippen LogP contribution is -2.65. The summed E-state index contributed by atoms with van der Waals surface area (Å²) in [7, 11) is 9.21. The number of halogens is 6. The van der Waals surface area contributed by atoms with E-state index in [1.807, 2.05) is 13.8 Å². The summed E-state index contributed by atoms with van der Waals surface area (Å²) < 4.78 is 71.1. The van der Waals surface area contributed by atoms with Crippen LogP contribution in [0.5, 0.6) is 0 Å². The van der Waals surface area contributed by atoms with Crippen LogP contribution in [-0.2, 0) is 74.9 Å². The third kappa shape index (κ3) is 23.2. The first kappa shape index (κ1) is 87.2. The largest absolute Gasteiger partial charge is 0.417 e. The summed E-state index contributed by atoms with van der Waals surface area (Å²) in [5.74, 6) is -15.1. The Balaban J connectivity index is 1.47. The Labute approximate surface area is 624 Å². The molecule has 3 aliphatic heterocycles. The number of carbonyl (C=O) groups excluding carboxylic acids is 13. The molecule has 2 saturated carbocycles. The Morgan fingerprint density at radius 3 is 1.76 bits per heavy atom. The number of nitrogens with zero attached hydrogens (tertiary/aromatic N) is 9. The molecule has 594 valence electrons. The quantitative estimate of drug-likeness (QED) is 0.174. The summed E-state index contributed by atoms with van der Waals surface area (Å²) in [6, 6.07) is -7.39. The molecule has 2 aliphatic carbocycles. The lowest BCUT2D eigenvalue weighted by molar-refractivity contribution is -0.151. The molecule has 1 spiro atoms. The molecule has 26 nitrogen and oxygen atoms in total. The number of rotatable bonds is 13. The first-order chi connectivity index (χ1) is 49.6. The molecule has 6 rings (SSSR count). The zero-order valence-corrected chi connectivity index (χ0v) is 64.7. The predicted octanol–water partition coefficient (Wildman–Crippen LogP) is 5.64. The van der Waals surface area contributed by atoms with Crippen LogP contribution in [0.2, 0.25) is 5.02 Å². The molecule has 5 aliphatic rings. The highest BCUT2D eigenvalue weighted by Crippen LogP contribution is 2.37. The number of likely N-dealkylation sites (tertiary alicyclic amines) is 2. The Kier molecular flexibility index (Phi) is 31.6. The monoisotopic (exact) mass is 1520 g/mol. The van der Waals surface area contributed by atoms with E-state index in [4.69, 9.17) is 11.6 Å². The van der Waals surface area contributed by atoms with Gasteiger partial charge < -0.3 is 65.4 Å². The van der Waals surface area contributed by atoms with Crippen molar-refractivity contribution in [2.75, 3.05) is 95.1 Å². The molecular weight excluding hydrogens is 1410 g/mol. The van der Waals surface area contributed by atoms with Gasteiger partial charge in [0.1, 0.15) is 47.8 Å². The van der Waals surface area contributed by atoms with Gasteiger partial charge in [0.15, 0.2) is 0 Å². The number of piperidine rings is 2. The molecule has 106 heavy (non-hydrogen) atoms. The molecule has 0 bridgehead atoms. The van der Waals surface area contributed by atoms with Crippen molar-refractivity contribution in [1.82, 2.24) is 65.4 Å². The zero-order valence-electron chi connectivity index (χ0n) is 64.0. The maximum absolute atomic E-state index is 15.6. The fourth-order valence-electron chi connectivity index (χ4n) is 15.0. The van der Waals surface area contributed by atoms with E-state index >= 15 is 19.2 Å². The van der Waals surface area contributed by atoms with Gasteiger partial charge in [-0.25, -0.2) is 8.78 Å². The van der Waals surface area contributed by atoms with Crippen molar-refractivity contribution < 1.29 is 84.3 Å². The van der Waals surface area contributed by atoms with Crippen LogP contribution in [-0.4, -0.2) is 270 Å². The highest BCUT2D eigenvalue weighted by Gasteiger charge is 2.50. The second-order valence-electron chi connectivity index (χ2n) is 30.8. The zero-order chi connectivity index (χ0) is 79.0. The molecule has 4 N–H and O–H groups in total. The minimum absolute atomic E-state index is 0.0400. The van der Waals surface area contributed by atoms with Gasteiger partial charge in [0.2, 0.25) is 76.8 Å². The second-order valence-corrected chi connectivity index (χ2v) is 31.2. The highest BCUT2D eigenvalue weighted by atomic mass is 35.5. The number of hydrogen-bond donors (Lipinski definition) is 4. The Hall–Kier alpha value is -7.73. The number of aryl methyl sites for hydroxylation is 1. The third-order valence-electron chi connectivity index (χ3n) is 21.9. The minimum Gasteiger partial charge on any atom is -0.343 e.